The van der Waals surface area contributed by atoms with E-state index in [2.05, 4.69) is 10.1 Å². The zero-order chi connectivity index (χ0) is 19.0. The number of halogens is 1. The molecule has 136 valence electrons. The summed E-state index contributed by atoms with van der Waals surface area (Å²) >= 11 is 0. The number of nitrogens with zero attached hydrogens (tertiary/aromatic N) is 4. The van der Waals surface area contributed by atoms with Gasteiger partial charge in [-0.2, -0.15) is 5.10 Å². The third-order valence-corrected chi connectivity index (χ3v) is 4.40. The van der Waals surface area contributed by atoms with Crippen molar-refractivity contribution in [2.75, 3.05) is 7.11 Å². The number of benzene rings is 2. The van der Waals surface area contributed by atoms with Gasteiger partial charge in [-0.05, 0) is 37.3 Å². The Balaban J connectivity index is 1.77. The van der Waals surface area contributed by atoms with Crippen LogP contribution in [0.25, 0.3) is 16.7 Å². The van der Waals surface area contributed by atoms with Crippen molar-refractivity contribution in [1.29, 1.82) is 0 Å². The predicted octanol–water partition coefficient (Wildman–Crippen LogP) is 3.09. The Bertz CT molecular complexity index is 1180. The quantitative estimate of drug-likeness (QED) is 0.558. The van der Waals surface area contributed by atoms with Crippen molar-refractivity contribution >= 4 is 11.0 Å². The van der Waals surface area contributed by atoms with Gasteiger partial charge in [0, 0.05) is 5.56 Å². The summed E-state index contributed by atoms with van der Waals surface area (Å²) in [4.78, 5) is 17.3. The van der Waals surface area contributed by atoms with Crippen molar-refractivity contribution < 1.29 is 9.13 Å². The van der Waals surface area contributed by atoms with E-state index in [1.54, 1.807) is 19.2 Å². The lowest BCUT2D eigenvalue weighted by molar-refractivity contribution is 0.408. The fourth-order valence-corrected chi connectivity index (χ4v) is 3.05. The number of rotatable bonds is 4. The summed E-state index contributed by atoms with van der Waals surface area (Å²) in [6.45, 7) is 2.33. The first-order valence-electron chi connectivity index (χ1n) is 8.39. The predicted molar refractivity (Wildman–Crippen MR) is 99.9 cm³/mol. The molecule has 0 spiro atoms. The molecule has 4 aromatic rings. The zero-order valence-electron chi connectivity index (χ0n) is 14.9. The molecule has 0 aliphatic heterocycles. The Kier molecular flexibility index (Phi) is 4.19. The number of ether oxygens (including phenoxy) is 1. The fourth-order valence-electron chi connectivity index (χ4n) is 3.05. The molecular weight excluding hydrogens is 347 g/mol. The highest BCUT2D eigenvalue weighted by atomic mass is 19.1. The van der Waals surface area contributed by atoms with Crippen LogP contribution in [0.4, 0.5) is 4.39 Å². The molecule has 2 heterocycles. The Morgan fingerprint density at radius 1 is 1.15 bits per heavy atom. The molecule has 0 atom stereocenters. The van der Waals surface area contributed by atoms with Crippen LogP contribution in [-0.2, 0) is 6.54 Å². The largest absolute Gasteiger partial charge is 0.496 e. The van der Waals surface area contributed by atoms with Crippen LogP contribution in [0.15, 0.2) is 59.8 Å². The molecule has 0 N–H and O–H groups in total. The van der Waals surface area contributed by atoms with Crippen LogP contribution >= 0.6 is 0 Å². The van der Waals surface area contributed by atoms with E-state index >= 15 is 0 Å². The molecule has 0 saturated carbocycles. The van der Waals surface area contributed by atoms with E-state index < -0.39 is 0 Å². The summed E-state index contributed by atoms with van der Waals surface area (Å²) in [5, 5.41) is 4.64. The Morgan fingerprint density at radius 2 is 1.93 bits per heavy atom. The highest BCUT2D eigenvalue weighted by Crippen LogP contribution is 2.21. The number of hydrogen-bond donors (Lipinski definition) is 0. The second kappa shape index (κ2) is 6.68. The SMILES string of the molecule is COc1ccc(C)cc1Cn1cnc2c(cnn2-c2ccc(F)cc2)c1=O. The molecule has 0 fully saturated rings. The summed E-state index contributed by atoms with van der Waals surface area (Å²) in [6.07, 6.45) is 2.98. The lowest BCUT2D eigenvalue weighted by atomic mass is 10.1. The van der Waals surface area contributed by atoms with E-state index in [9.17, 15) is 9.18 Å². The monoisotopic (exact) mass is 364 g/mol. The molecule has 0 radical (unpaired) electrons. The van der Waals surface area contributed by atoms with E-state index in [4.69, 9.17) is 4.74 Å². The molecule has 7 heteroatoms. The summed E-state index contributed by atoms with van der Waals surface area (Å²) < 4.78 is 21.6. The fraction of sp³-hybridized carbons (Fsp3) is 0.150. The van der Waals surface area contributed by atoms with Gasteiger partial charge in [0.15, 0.2) is 5.65 Å². The molecule has 6 nitrogen and oxygen atoms in total. The molecule has 2 aromatic carbocycles. The second-order valence-corrected chi connectivity index (χ2v) is 6.26. The molecule has 4 rings (SSSR count). The van der Waals surface area contributed by atoms with Gasteiger partial charge in [0.1, 0.15) is 23.3 Å². The molecule has 27 heavy (non-hydrogen) atoms. The Hall–Kier alpha value is -3.48. The van der Waals surface area contributed by atoms with Crippen molar-refractivity contribution in [1.82, 2.24) is 19.3 Å². The van der Waals surface area contributed by atoms with Gasteiger partial charge in [-0.15, -0.1) is 0 Å². The molecule has 0 amide bonds. The average Bonchev–Trinajstić information content (AvgIpc) is 3.10. The second-order valence-electron chi connectivity index (χ2n) is 6.26. The van der Waals surface area contributed by atoms with Crippen molar-refractivity contribution in [3.63, 3.8) is 0 Å². The first-order chi connectivity index (χ1) is 13.1. The van der Waals surface area contributed by atoms with Gasteiger partial charge in [-0.3, -0.25) is 9.36 Å². The number of fused-ring (bicyclic) bond motifs is 1. The van der Waals surface area contributed by atoms with Gasteiger partial charge in [0.05, 0.1) is 25.5 Å². The summed E-state index contributed by atoms with van der Waals surface area (Å²) in [5.74, 6) is 0.382. The van der Waals surface area contributed by atoms with Crippen LogP contribution < -0.4 is 10.3 Å². The van der Waals surface area contributed by atoms with Gasteiger partial charge in [0.2, 0.25) is 0 Å². The first kappa shape index (κ1) is 17.0. The van der Waals surface area contributed by atoms with Crippen LogP contribution in [0.1, 0.15) is 11.1 Å². The summed E-state index contributed by atoms with van der Waals surface area (Å²) in [5.41, 5.74) is 2.84. The first-order valence-corrected chi connectivity index (χ1v) is 8.39. The number of aryl methyl sites for hydroxylation is 1. The normalized spacial score (nSPS) is 11.1. The maximum atomic E-state index is 13.1. The highest BCUT2D eigenvalue weighted by molar-refractivity contribution is 5.74. The lowest BCUT2D eigenvalue weighted by Crippen LogP contribution is -2.21. The van der Waals surface area contributed by atoms with Gasteiger partial charge >= 0.3 is 0 Å². The number of hydrogen-bond acceptors (Lipinski definition) is 4. The molecule has 0 bridgehead atoms. The highest BCUT2D eigenvalue weighted by Gasteiger charge is 2.13. The zero-order valence-corrected chi connectivity index (χ0v) is 14.9. The van der Waals surface area contributed by atoms with Crippen LogP contribution in [0.3, 0.4) is 0 Å². The third-order valence-electron chi connectivity index (χ3n) is 4.40. The number of aromatic nitrogens is 4. The maximum Gasteiger partial charge on any atom is 0.264 e. The van der Waals surface area contributed by atoms with Crippen LogP contribution in [-0.4, -0.2) is 26.4 Å². The van der Waals surface area contributed by atoms with Crippen LogP contribution in [0.5, 0.6) is 5.75 Å². The van der Waals surface area contributed by atoms with E-state index in [0.717, 1.165) is 16.9 Å². The van der Waals surface area contributed by atoms with Gasteiger partial charge in [0.25, 0.3) is 5.56 Å². The van der Waals surface area contributed by atoms with E-state index in [-0.39, 0.29) is 11.4 Å². The number of methoxy groups -OCH3 is 1. The van der Waals surface area contributed by atoms with Crippen molar-refractivity contribution in [2.45, 2.75) is 13.5 Å². The van der Waals surface area contributed by atoms with E-state index in [1.165, 1.54) is 33.9 Å². The summed E-state index contributed by atoms with van der Waals surface area (Å²) in [6, 6.07) is 11.7. The van der Waals surface area contributed by atoms with Gasteiger partial charge in [-0.1, -0.05) is 17.7 Å². The van der Waals surface area contributed by atoms with Crippen LogP contribution in [0.2, 0.25) is 0 Å². The van der Waals surface area contributed by atoms with Crippen LogP contribution in [0, 0.1) is 12.7 Å². The molecule has 2 aromatic heterocycles. The molecular formula is C20H17FN4O2. The summed E-state index contributed by atoms with van der Waals surface area (Å²) in [7, 11) is 1.60. The van der Waals surface area contributed by atoms with Gasteiger partial charge in [-0.25, -0.2) is 14.1 Å². The smallest absolute Gasteiger partial charge is 0.264 e. The molecule has 0 aliphatic rings. The third kappa shape index (κ3) is 3.08. The molecule has 0 saturated heterocycles. The minimum Gasteiger partial charge on any atom is -0.496 e. The topological polar surface area (TPSA) is 61.9 Å². The molecule has 0 aliphatic carbocycles. The lowest BCUT2D eigenvalue weighted by Gasteiger charge is -2.11. The molecule has 0 unspecified atom stereocenters. The van der Waals surface area contributed by atoms with E-state index in [1.807, 2.05) is 25.1 Å². The minimum absolute atomic E-state index is 0.197. The standard InChI is InChI=1S/C20H17FN4O2/c1-13-3-8-18(27-2)14(9-13)11-24-12-22-19-17(20(24)26)10-23-25(19)16-6-4-15(21)5-7-16/h3-10,12H,11H2,1-2H3. The van der Waals surface area contributed by atoms with Crippen molar-refractivity contribution in [3.8, 4) is 11.4 Å². The van der Waals surface area contributed by atoms with E-state index in [0.29, 0.717) is 23.3 Å². The minimum atomic E-state index is -0.336. The van der Waals surface area contributed by atoms with Gasteiger partial charge < -0.3 is 4.74 Å². The average molecular weight is 364 g/mol. The maximum absolute atomic E-state index is 13.1. The van der Waals surface area contributed by atoms with Crippen molar-refractivity contribution in [3.05, 3.63) is 82.3 Å². The Labute approximate surface area is 154 Å². The Morgan fingerprint density at radius 3 is 2.67 bits per heavy atom. The van der Waals surface area contributed by atoms with Crippen molar-refractivity contribution in [2.24, 2.45) is 0 Å².